The molecule has 0 amide bonds. The number of nitrogens with one attached hydrogen (secondary N) is 2. The highest BCUT2D eigenvalue weighted by Crippen LogP contribution is 2.27. The molecule has 0 fully saturated rings. The number of aromatic nitrogens is 2. The molecule has 0 atom stereocenters. The first-order valence-electron chi connectivity index (χ1n) is 4.36. The number of rotatable bonds is 4. The zero-order valence-electron chi connectivity index (χ0n) is 7.78. The van der Waals surface area contributed by atoms with Crippen LogP contribution in [0.3, 0.4) is 0 Å². The lowest BCUT2D eigenvalue weighted by Crippen LogP contribution is -2.15. The van der Waals surface area contributed by atoms with Gasteiger partial charge in [0.25, 0.3) is 0 Å². The summed E-state index contributed by atoms with van der Waals surface area (Å²) in [5, 5.41) is 2.96. The Balaban J connectivity index is 2.51. The van der Waals surface area contributed by atoms with Crippen LogP contribution in [-0.4, -0.2) is 16.5 Å². The second kappa shape index (κ2) is 4.45. The van der Waals surface area contributed by atoms with Crippen LogP contribution in [0.4, 0.5) is 13.2 Å². The van der Waals surface area contributed by atoms with E-state index in [1.54, 1.807) is 0 Å². The van der Waals surface area contributed by atoms with Crippen LogP contribution in [0.1, 0.15) is 24.9 Å². The highest BCUT2D eigenvalue weighted by atomic mass is 19.4. The lowest BCUT2D eigenvalue weighted by atomic mass is 10.4. The Bertz CT molecular complexity index is 280. The second-order valence-corrected chi connectivity index (χ2v) is 2.92. The molecule has 1 aromatic heterocycles. The van der Waals surface area contributed by atoms with E-state index < -0.39 is 11.9 Å². The SMILES string of the molecule is CCCNCc1ncc(C(F)(F)F)[nH]1. The molecule has 0 aliphatic heterocycles. The first-order valence-corrected chi connectivity index (χ1v) is 4.36. The van der Waals surface area contributed by atoms with Crippen LogP contribution in [0.2, 0.25) is 0 Å². The molecule has 3 nitrogen and oxygen atoms in total. The molecule has 6 heteroatoms. The maximum absolute atomic E-state index is 12.1. The van der Waals surface area contributed by atoms with E-state index in [0.29, 0.717) is 12.4 Å². The van der Waals surface area contributed by atoms with Crippen LogP contribution in [0.15, 0.2) is 6.20 Å². The molecule has 0 spiro atoms. The zero-order valence-corrected chi connectivity index (χ0v) is 7.78. The molecular weight excluding hydrogens is 195 g/mol. The molecule has 1 heterocycles. The van der Waals surface area contributed by atoms with Gasteiger partial charge >= 0.3 is 6.18 Å². The van der Waals surface area contributed by atoms with Crippen LogP contribution in [-0.2, 0) is 12.7 Å². The molecule has 0 saturated carbocycles. The van der Waals surface area contributed by atoms with Gasteiger partial charge in [-0.25, -0.2) is 4.98 Å². The normalized spacial score (nSPS) is 12.0. The Morgan fingerprint density at radius 1 is 1.50 bits per heavy atom. The van der Waals surface area contributed by atoms with Crippen molar-refractivity contribution in [2.24, 2.45) is 0 Å². The number of alkyl halides is 3. The van der Waals surface area contributed by atoms with Gasteiger partial charge in [-0.1, -0.05) is 6.92 Å². The summed E-state index contributed by atoms with van der Waals surface area (Å²) in [5.41, 5.74) is -0.800. The van der Waals surface area contributed by atoms with Gasteiger partial charge in [-0.05, 0) is 13.0 Å². The molecule has 0 radical (unpaired) electrons. The third-order valence-corrected chi connectivity index (χ3v) is 1.65. The number of hydrogen-bond donors (Lipinski definition) is 2. The van der Waals surface area contributed by atoms with Crippen LogP contribution >= 0.6 is 0 Å². The zero-order chi connectivity index (χ0) is 10.6. The molecule has 1 aromatic rings. The minimum absolute atomic E-state index is 0.311. The van der Waals surface area contributed by atoms with Gasteiger partial charge in [0, 0.05) is 0 Å². The molecule has 2 N–H and O–H groups in total. The molecule has 80 valence electrons. The van der Waals surface area contributed by atoms with E-state index in [-0.39, 0.29) is 0 Å². The fourth-order valence-electron chi connectivity index (χ4n) is 0.980. The van der Waals surface area contributed by atoms with Crippen LogP contribution < -0.4 is 5.32 Å². The Hall–Kier alpha value is -1.04. The van der Waals surface area contributed by atoms with Crippen molar-refractivity contribution >= 4 is 0 Å². The van der Waals surface area contributed by atoms with Crippen molar-refractivity contribution in [2.75, 3.05) is 6.54 Å². The monoisotopic (exact) mass is 207 g/mol. The summed E-state index contributed by atoms with van der Waals surface area (Å²) in [6.45, 7) is 3.09. The van der Waals surface area contributed by atoms with Gasteiger partial charge in [0.2, 0.25) is 0 Å². The largest absolute Gasteiger partial charge is 0.432 e. The molecule has 0 aromatic carbocycles. The van der Waals surface area contributed by atoms with Gasteiger partial charge in [-0.3, -0.25) is 0 Å². The summed E-state index contributed by atoms with van der Waals surface area (Å²) in [5.74, 6) is 0.311. The fourth-order valence-corrected chi connectivity index (χ4v) is 0.980. The van der Waals surface area contributed by atoms with Gasteiger partial charge in [-0.2, -0.15) is 13.2 Å². The summed E-state index contributed by atoms with van der Waals surface area (Å²) >= 11 is 0. The predicted molar refractivity (Wildman–Crippen MR) is 45.6 cm³/mol. The van der Waals surface area contributed by atoms with Crippen molar-refractivity contribution in [3.05, 3.63) is 17.7 Å². The fraction of sp³-hybridized carbons (Fsp3) is 0.625. The van der Waals surface area contributed by atoms with Crippen molar-refractivity contribution in [1.82, 2.24) is 15.3 Å². The predicted octanol–water partition coefficient (Wildman–Crippen LogP) is 1.93. The number of H-pyrrole nitrogens is 1. The Kier molecular flexibility index (Phi) is 3.51. The lowest BCUT2D eigenvalue weighted by molar-refractivity contribution is -0.140. The summed E-state index contributed by atoms with van der Waals surface area (Å²) < 4.78 is 36.3. The topological polar surface area (TPSA) is 40.7 Å². The highest BCUT2D eigenvalue weighted by Gasteiger charge is 2.32. The van der Waals surface area contributed by atoms with E-state index >= 15 is 0 Å². The van der Waals surface area contributed by atoms with Crippen LogP contribution in [0.5, 0.6) is 0 Å². The summed E-state index contributed by atoms with van der Waals surface area (Å²) in [7, 11) is 0. The van der Waals surface area contributed by atoms with Gasteiger partial charge in [0.1, 0.15) is 11.5 Å². The van der Waals surface area contributed by atoms with E-state index in [9.17, 15) is 13.2 Å². The molecule has 0 bridgehead atoms. The number of halogens is 3. The van der Waals surface area contributed by atoms with Crippen molar-refractivity contribution in [3.8, 4) is 0 Å². The second-order valence-electron chi connectivity index (χ2n) is 2.92. The average Bonchev–Trinajstić information content (AvgIpc) is 2.52. The summed E-state index contributed by atoms with van der Waals surface area (Å²) in [6, 6.07) is 0. The van der Waals surface area contributed by atoms with Crippen molar-refractivity contribution < 1.29 is 13.2 Å². The highest BCUT2D eigenvalue weighted by molar-refractivity contribution is 5.04. The molecule has 0 unspecified atom stereocenters. The standard InChI is InChI=1S/C8H12F3N3/c1-2-3-12-5-7-13-4-6(14-7)8(9,10)11/h4,12H,2-3,5H2,1H3,(H,13,14). The average molecular weight is 207 g/mol. The molecular formula is C8H12F3N3. The quantitative estimate of drug-likeness (QED) is 0.740. The Morgan fingerprint density at radius 3 is 2.71 bits per heavy atom. The summed E-state index contributed by atoms with van der Waals surface area (Å²) in [4.78, 5) is 5.83. The molecule has 14 heavy (non-hydrogen) atoms. The van der Waals surface area contributed by atoms with E-state index in [2.05, 4.69) is 15.3 Å². The Morgan fingerprint density at radius 2 is 2.21 bits per heavy atom. The van der Waals surface area contributed by atoms with Gasteiger partial charge in [0.05, 0.1) is 12.7 Å². The maximum atomic E-state index is 12.1. The van der Waals surface area contributed by atoms with Crippen LogP contribution in [0, 0.1) is 0 Å². The van der Waals surface area contributed by atoms with Crippen LogP contribution in [0.25, 0.3) is 0 Å². The van der Waals surface area contributed by atoms with Gasteiger partial charge in [0.15, 0.2) is 0 Å². The molecule has 0 aliphatic carbocycles. The van der Waals surface area contributed by atoms with E-state index in [1.165, 1.54) is 0 Å². The molecule has 1 rings (SSSR count). The van der Waals surface area contributed by atoms with Crippen molar-refractivity contribution in [1.29, 1.82) is 0 Å². The number of aromatic amines is 1. The van der Waals surface area contributed by atoms with Crippen molar-refractivity contribution in [3.63, 3.8) is 0 Å². The molecule has 0 saturated heterocycles. The minimum Gasteiger partial charge on any atom is -0.337 e. The third-order valence-electron chi connectivity index (χ3n) is 1.65. The van der Waals surface area contributed by atoms with Gasteiger partial charge < -0.3 is 10.3 Å². The van der Waals surface area contributed by atoms with E-state index in [0.717, 1.165) is 19.2 Å². The lowest BCUT2D eigenvalue weighted by Gasteiger charge is -2.01. The first-order chi connectivity index (χ1) is 6.54. The van der Waals surface area contributed by atoms with Crippen molar-refractivity contribution in [2.45, 2.75) is 26.1 Å². The maximum Gasteiger partial charge on any atom is 0.432 e. The number of imidazole rings is 1. The van der Waals surface area contributed by atoms with E-state index in [1.807, 2.05) is 6.92 Å². The minimum atomic E-state index is -4.34. The first kappa shape index (κ1) is 11.0. The smallest absolute Gasteiger partial charge is 0.337 e. The Labute approximate surface area is 79.7 Å². The number of nitrogens with zero attached hydrogens (tertiary/aromatic N) is 1. The van der Waals surface area contributed by atoms with Gasteiger partial charge in [-0.15, -0.1) is 0 Å². The van der Waals surface area contributed by atoms with E-state index in [4.69, 9.17) is 0 Å². The molecule has 0 aliphatic rings. The number of hydrogen-bond acceptors (Lipinski definition) is 2. The summed E-state index contributed by atoms with van der Waals surface area (Å²) in [6.07, 6.45) is -2.59. The third kappa shape index (κ3) is 3.02.